The largest absolute Gasteiger partial charge is 0.295 e. The van der Waals surface area contributed by atoms with Crippen LogP contribution in [0.3, 0.4) is 0 Å². The van der Waals surface area contributed by atoms with Gasteiger partial charge in [0.2, 0.25) is 11.8 Å². The SMILES string of the molecule is CC(=O)c1ccc(SC2CC(=O)N(c3cccc(C)c3)C2=O)cc1. The van der Waals surface area contributed by atoms with Crippen molar-refractivity contribution in [3.8, 4) is 0 Å². The van der Waals surface area contributed by atoms with E-state index < -0.39 is 5.25 Å². The quantitative estimate of drug-likeness (QED) is 0.630. The molecule has 1 aliphatic rings. The number of Topliss-reactive ketones (excluding diaryl/α,β-unsaturated/α-hetero) is 1. The highest BCUT2D eigenvalue weighted by molar-refractivity contribution is 8.00. The molecule has 2 amide bonds. The number of carbonyl (C=O) groups excluding carboxylic acids is 3. The van der Waals surface area contributed by atoms with Crippen LogP contribution in [0.25, 0.3) is 0 Å². The second kappa shape index (κ2) is 6.61. The first-order chi connectivity index (χ1) is 11.5. The molecule has 0 bridgehead atoms. The molecule has 1 heterocycles. The minimum atomic E-state index is -0.429. The van der Waals surface area contributed by atoms with Crippen LogP contribution in [0.1, 0.15) is 29.3 Å². The fraction of sp³-hybridized carbons (Fsp3) is 0.211. The summed E-state index contributed by atoms with van der Waals surface area (Å²) < 4.78 is 0. The molecule has 1 unspecified atom stereocenters. The number of hydrogen-bond acceptors (Lipinski definition) is 4. The minimum absolute atomic E-state index is 0.00398. The summed E-state index contributed by atoms with van der Waals surface area (Å²) >= 11 is 1.36. The fourth-order valence-corrected chi connectivity index (χ4v) is 3.72. The molecule has 1 atom stereocenters. The molecule has 1 aliphatic heterocycles. The highest BCUT2D eigenvalue weighted by Crippen LogP contribution is 2.34. The molecule has 24 heavy (non-hydrogen) atoms. The highest BCUT2D eigenvalue weighted by Gasteiger charge is 2.40. The number of benzene rings is 2. The van der Waals surface area contributed by atoms with Crippen LogP contribution < -0.4 is 4.90 Å². The van der Waals surface area contributed by atoms with Gasteiger partial charge in [0.15, 0.2) is 5.78 Å². The summed E-state index contributed by atoms with van der Waals surface area (Å²) in [6, 6.07) is 14.5. The molecule has 1 fully saturated rings. The number of thioether (sulfide) groups is 1. The smallest absolute Gasteiger partial charge is 0.247 e. The number of aryl methyl sites for hydroxylation is 1. The zero-order valence-corrected chi connectivity index (χ0v) is 14.3. The second-order valence-corrected chi connectivity index (χ2v) is 7.07. The molecule has 1 saturated heterocycles. The van der Waals surface area contributed by atoms with Gasteiger partial charge in [-0.2, -0.15) is 0 Å². The van der Waals surface area contributed by atoms with Crippen molar-refractivity contribution in [1.29, 1.82) is 0 Å². The third-order valence-electron chi connectivity index (χ3n) is 3.90. The zero-order valence-electron chi connectivity index (χ0n) is 13.5. The van der Waals surface area contributed by atoms with Crippen molar-refractivity contribution in [2.45, 2.75) is 30.4 Å². The summed E-state index contributed by atoms with van der Waals surface area (Å²) in [6.45, 7) is 3.44. The normalized spacial score (nSPS) is 17.4. The van der Waals surface area contributed by atoms with Crippen LogP contribution >= 0.6 is 11.8 Å². The van der Waals surface area contributed by atoms with E-state index in [-0.39, 0.29) is 24.0 Å². The van der Waals surface area contributed by atoms with Crippen LogP contribution in [0.4, 0.5) is 5.69 Å². The maximum atomic E-state index is 12.6. The zero-order chi connectivity index (χ0) is 17.3. The van der Waals surface area contributed by atoms with Crippen molar-refractivity contribution >= 4 is 35.0 Å². The van der Waals surface area contributed by atoms with Gasteiger partial charge < -0.3 is 0 Å². The van der Waals surface area contributed by atoms with E-state index >= 15 is 0 Å². The average molecular weight is 339 g/mol. The van der Waals surface area contributed by atoms with Crippen LogP contribution in [0.2, 0.25) is 0 Å². The van der Waals surface area contributed by atoms with Crippen molar-refractivity contribution < 1.29 is 14.4 Å². The molecule has 0 aromatic heterocycles. The van der Waals surface area contributed by atoms with Crippen LogP contribution in [0.5, 0.6) is 0 Å². The lowest BCUT2D eigenvalue weighted by atomic mass is 10.2. The average Bonchev–Trinajstić information content (AvgIpc) is 2.82. The van der Waals surface area contributed by atoms with Crippen molar-refractivity contribution in [3.63, 3.8) is 0 Å². The van der Waals surface area contributed by atoms with Crippen LogP contribution in [-0.4, -0.2) is 22.8 Å². The Morgan fingerprint density at radius 3 is 2.46 bits per heavy atom. The van der Waals surface area contributed by atoms with Gasteiger partial charge in [-0.3, -0.25) is 14.4 Å². The molecule has 0 N–H and O–H groups in total. The van der Waals surface area contributed by atoms with Crippen LogP contribution in [-0.2, 0) is 9.59 Å². The lowest BCUT2D eigenvalue weighted by molar-refractivity contribution is -0.121. The van der Waals surface area contributed by atoms with Crippen LogP contribution in [0, 0.1) is 6.92 Å². The number of carbonyl (C=O) groups is 3. The number of hydrogen-bond donors (Lipinski definition) is 0. The summed E-state index contributed by atoms with van der Waals surface area (Å²) in [5, 5.41) is -0.429. The van der Waals surface area contributed by atoms with E-state index in [2.05, 4.69) is 0 Å². The maximum Gasteiger partial charge on any atom is 0.247 e. The van der Waals surface area contributed by atoms with Crippen molar-refractivity contribution in [3.05, 3.63) is 59.7 Å². The maximum absolute atomic E-state index is 12.6. The molecule has 0 aliphatic carbocycles. The molecule has 4 nitrogen and oxygen atoms in total. The lowest BCUT2D eigenvalue weighted by Crippen LogP contribution is -2.31. The third kappa shape index (κ3) is 3.26. The van der Waals surface area contributed by atoms with Gasteiger partial charge in [-0.25, -0.2) is 4.90 Å². The van der Waals surface area contributed by atoms with Crippen molar-refractivity contribution in [1.82, 2.24) is 0 Å². The monoisotopic (exact) mass is 339 g/mol. The molecule has 2 aromatic carbocycles. The van der Waals surface area contributed by atoms with Crippen molar-refractivity contribution in [2.24, 2.45) is 0 Å². The third-order valence-corrected chi connectivity index (χ3v) is 5.10. The Balaban J connectivity index is 1.77. The molecule has 0 spiro atoms. The van der Waals surface area contributed by atoms with E-state index in [0.717, 1.165) is 10.5 Å². The molecular formula is C19H17NO3S. The standard InChI is InChI=1S/C19H17NO3S/c1-12-4-3-5-15(10-12)20-18(22)11-17(19(20)23)24-16-8-6-14(7-9-16)13(2)21/h3-10,17H,11H2,1-2H3. The summed E-state index contributed by atoms with van der Waals surface area (Å²) in [5.41, 5.74) is 2.26. The number of amides is 2. The van der Waals surface area contributed by atoms with Gasteiger partial charge in [0.25, 0.3) is 0 Å². The first-order valence-electron chi connectivity index (χ1n) is 7.67. The van der Waals surface area contributed by atoms with Gasteiger partial charge in [-0.15, -0.1) is 11.8 Å². The lowest BCUT2D eigenvalue weighted by Gasteiger charge is -2.15. The van der Waals surface area contributed by atoms with E-state index in [9.17, 15) is 14.4 Å². The number of anilines is 1. The van der Waals surface area contributed by atoms with Gasteiger partial charge in [0.05, 0.1) is 10.9 Å². The fourth-order valence-electron chi connectivity index (χ4n) is 2.67. The molecule has 0 radical (unpaired) electrons. The number of rotatable bonds is 4. The predicted octanol–water partition coefficient (Wildman–Crippen LogP) is 3.62. The highest BCUT2D eigenvalue weighted by atomic mass is 32.2. The summed E-state index contributed by atoms with van der Waals surface area (Å²) in [7, 11) is 0. The van der Waals surface area contributed by atoms with E-state index in [1.807, 2.05) is 37.3 Å². The van der Waals surface area contributed by atoms with E-state index in [4.69, 9.17) is 0 Å². The summed E-state index contributed by atoms with van der Waals surface area (Å²) in [6.07, 6.45) is 0.186. The Hall–Kier alpha value is -2.40. The minimum Gasteiger partial charge on any atom is -0.295 e. The van der Waals surface area contributed by atoms with Gasteiger partial charge in [0.1, 0.15) is 0 Å². The number of imide groups is 1. The molecule has 0 saturated carbocycles. The first-order valence-corrected chi connectivity index (χ1v) is 8.55. The Morgan fingerprint density at radius 1 is 1.12 bits per heavy atom. The predicted molar refractivity (Wildman–Crippen MR) is 94.4 cm³/mol. The van der Waals surface area contributed by atoms with E-state index in [1.54, 1.807) is 18.2 Å². The van der Waals surface area contributed by atoms with Gasteiger partial charge in [-0.05, 0) is 43.7 Å². The Morgan fingerprint density at radius 2 is 1.83 bits per heavy atom. The van der Waals surface area contributed by atoms with Gasteiger partial charge in [-0.1, -0.05) is 24.3 Å². The summed E-state index contributed by atoms with van der Waals surface area (Å²) in [4.78, 5) is 38.4. The number of ketones is 1. The molecule has 122 valence electrons. The van der Waals surface area contributed by atoms with E-state index in [0.29, 0.717) is 11.3 Å². The summed E-state index contributed by atoms with van der Waals surface area (Å²) in [5.74, 6) is -0.362. The Bertz CT molecular complexity index is 814. The first kappa shape index (κ1) is 16.5. The molecule has 2 aromatic rings. The molecule has 5 heteroatoms. The van der Waals surface area contributed by atoms with Gasteiger partial charge >= 0.3 is 0 Å². The van der Waals surface area contributed by atoms with Crippen LogP contribution in [0.15, 0.2) is 53.4 Å². The number of nitrogens with zero attached hydrogens (tertiary/aromatic N) is 1. The second-order valence-electron chi connectivity index (χ2n) is 5.80. The van der Waals surface area contributed by atoms with E-state index in [1.165, 1.54) is 23.6 Å². The molecular weight excluding hydrogens is 322 g/mol. The molecule has 3 rings (SSSR count). The Labute approximate surface area is 144 Å². The Kier molecular flexibility index (Phi) is 4.53. The van der Waals surface area contributed by atoms with Crippen molar-refractivity contribution in [2.75, 3.05) is 4.90 Å². The van der Waals surface area contributed by atoms with Gasteiger partial charge in [0, 0.05) is 16.9 Å². The topological polar surface area (TPSA) is 54.5 Å².